The monoisotopic (exact) mass is 293 g/mol. The Hall–Kier alpha value is -1.93. The van der Waals surface area contributed by atoms with E-state index in [1.807, 2.05) is 36.4 Å². The maximum atomic E-state index is 11.7. The van der Waals surface area contributed by atoms with Crippen LogP contribution in [0.25, 0.3) is 6.08 Å². The van der Waals surface area contributed by atoms with E-state index in [0.717, 1.165) is 36.1 Å². The molecule has 0 saturated heterocycles. The molecule has 1 aliphatic carbocycles. The molecule has 3 rings (SSSR count). The van der Waals surface area contributed by atoms with Gasteiger partial charge in [0.25, 0.3) is 0 Å². The molecule has 1 atom stereocenters. The van der Waals surface area contributed by atoms with Crippen molar-refractivity contribution in [2.45, 2.75) is 38.7 Å². The highest BCUT2D eigenvalue weighted by molar-refractivity contribution is 5.57. The van der Waals surface area contributed by atoms with Crippen molar-refractivity contribution >= 4 is 6.08 Å². The van der Waals surface area contributed by atoms with E-state index in [4.69, 9.17) is 0 Å². The molecule has 1 fully saturated rings. The molecular weight excluding hydrogens is 270 g/mol. The maximum absolute atomic E-state index is 11.7. The van der Waals surface area contributed by atoms with Crippen LogP contribution in [-0.4, -0.2) is 10.1 Å². The molecule has 2 heteroatoms. The molecular formula is C20H23NO. The molecule has 0 aliphatic heterocycles. The normalized spacial score (nSPS) is 26.0. The van der Waals surface area contributed by atoms with Gasteiger partial charge >= 0.3 is 0 Å². The van der Waals surface area contributed by atoms with E-state index in [2.05, 4.69) is 37.0 Å². The van der Waals surface area contributed by atoms with Crippen LogP contribution in [0.5, 0.6) is 0 Å². The van der Waals surface area contributed by atoms with Crippen LogP contribution < -0.4 is 0 Å². The van der Waals surface area contributed by atoms with Crippen LogP contribution >= 0.6 is 0 Å². The third kappa shape index (κ3) is 2.48. The van der Waals surface area contributed by atoms with Gasteiger partial charge in [-0.2, -0.15) is 0 Å². The Morgan fingerprint density at radius 3 is 2.45 bits per heavy atom. The average molecular weight is 293 g/mol. The Kier molecular flexibility index (Phi) is 3.88. The van der Waals surface area contributed by atoms with Gasteiger partial charge in [0.05, 0.1) is 5.69 Å². The van der Waals surface area contributed by atoms with Crippen molar-refractivity contribution in [3.63, 3.8) is 0 Å². The molecule has 1 N–H and O–H groups in total. The topological polar surface area (TPSA) is 33.1 Å². The minimum Gasteiger partial charge on any atom is -0.379 e. The highest BCUT2D eigenvalue weighted by atomic mass is 16.3. The molecule has 0 amide bonds. The summed E-state index contributed by atoms with van der Waals surface area (Å²) in [6, 6.07) is 16.0. The van der Waals surface area contributed by atoms with Crippen molar-refractivity contribution in [2.75, 3.05) is 0 Å². The zero-order chi connectivity index (χ0) is 15.6. The van der Waals surface area contributed by atoms with Crippen LogP contribution in [0.3, 0.4) is 0 Å². The van der Waals surface area contributed by atoms with E-state index in [1.165, 1.54) is 0 Å². The van der Waals surface area contributed by atoms with Crippen LogP contribution in [0, 0.1) is 5.41 Å². The number of nitrogens with zero attached hydrogens (tertiary/aromatic N) is 1. The number of aromatic nitrogens is 1. The lowest BCUT2D eigenvalue weighted by molar-refractivity contribution is -0.0638. The molecule has 0 radical (unpaired) electrons. The Labute approximate surface area is 132 Å². The van der Waals surface area contributed by atoms with Gasteiger partial charge in [-0.1, -0.05) is 56.3 Å². The Morgan fingerprint density at radius 1 is 1.05 bits per heavy atom. The standard InChI is InChI=1S/C20H23NO/c1-19(2)13-8-11-17(15-16-9-4-3-5-10-16)20(19,22)18-12-6-7-14-21-18/h3-7,9-10,12,14-15,22H,8,11,13H2,1-2H3/b17-15+/t20-/m0/s1. The first-order valence-corrected chi connectivity index (χ1v) is 7.94. The van der Waals surface area contributed by atoms with E-state index in [9.17, 15) is 5.11 Å². The van der Waals surface area contributed by atoms with Crippen LogP contribution in [0.4, 0.5) is 0 Å². The highest BCUT2D eigenvalue weighted by Crippen LogP contribution is 2.52. The SMILES string of the molecule is CC1(C)CCC/C(=C\c2ccccc2)[C@]1(O)c1ccccn1. The van der Waals surface area contributed by atoms with Gasteiger partial charge in [0, 0.05) is 11.6 Å². The number of pyridine rings is 1. The van der Waals surface area contributed by atoms with Gasteiger partial charge in [0.2, 0.25) is 0 Å². The predicted molar refractivity (Wildman–Crippen MR) is 90.2 cm³/mol. The van der Waals surface area contributed by atoms with Crippen molar-refractivity contribution < 1.29 is 5.11 Å². The van der Waals surface area contributed by atoms with Gasteiger partial charge in [0.1, 0.15) is 5.60 Å². The molecule has 0 bridgehead atoms. The quantitative estimate of drug-likeness (QED) is 0.880. The lowest BCUT2D eigenvalue weighted by atomic mass is 9.61. The van der Waals surface area contributed by atoms with Gasteiger partial charge in [0.15, 0.2) is 0 Å². The number of hydrogen-bond donors (Lipinski definition) is 1. The molecule has 1 saturated carbocycles. The molecule has 0 spiro atoms. The van der Waals surface area contributed by atoms with Crippen LogP contribution in [-0.2, 0) is 5.60 Å². The number of benzene rings is 1. The fraction of sp³-hybridized carbons (Fsp3) is 0.350. The maximum Gasteiger partial charge on any atom is 0.133 e. The summed E-state index contributed by atoms with van der Waals surface area (Å²) in [5.74, 6) is 0. The van der Waals surface area contributed by atoms with Crippen molar-refractivity contribution in [3.8, 4) is 0 Å². The number of hydrogen-bond acceptors (Lipinski definition) is 2. The lowest BCUT2D eigenvalue weighted by Crippen LogP contribution is -2.46. The summed E-state index contributed by atoms with van der Waals surface area (Å²) in [6.45, 7) is 4.28. The predicted octanol–water partition coefficient (Wildman–Crippen LogP) is 4.56. The molecule has 1 aromatic carbocycles. The van der Waals surface area contributed by atoms with E-state index in [1.54, 1.807) is 6.20 Å². The van der Waals surface area contributed by atoms with Crippen molar-refractivity contribution in [1.82, 2.24) is 4.98 Å². The second kappa shape index (κ2) is 5.69. The molecule has 1 heterocycles. The molecule has 1 aliphatic rings. The lowest BCUT2D eigenvalue weighted by Gasteiger charge is -2.47. The van der Waals surface area contributed by atoms with Gasteiger partial charge in [-0.05, 0) is 42.5 Å². The summed E-state index contributed by atoms with van der Waals surface area (Å²) >= 11 is 0. The number of aliphatic hydroxyl groups is 1. The van der Waals surface area contributed by atoms with Gasteiger partial charge < -0.3 is 5.11 Å². The van der Waals surface area contributed by atoms with E-state index in [-0.39, 0.29) is 5.41 Å². The van der Waals surface area contributed by atoms with Crippen molar-refractivity contribution in [2.24, 2.45) is 5.41 Å². The van der Waals surface area contributed by atoms with Crippen molar-refractivity contribution in [3.05, 3.63) is 71.6 Å². The van der Waals surface area contributed by atoms with Gasteiger partial charge in [-0.3, -0.25) is 4.98 Å². The van der Waals surface area contributed by atoms with Crippen LogP contribution in [0.2, 0.25) is 0 Å². The zero-order valence-electron chi connectivity index (χ0n) is 13.3. The minimum absolute atomic E-state index is 0.236. The Bertz CT molecular complexity index is 661. The smallest absolute Gasteiger partial charge is 0.133 e. The highest BCUT2D eigenvalue weighted by Gasteiger charge is 2.50. The first kappa shape index (κ1) is 15.0. The van der Waals surface area contributed by atoms with Crippen LogP contribution in [0.1, 0.15) is 44.4 Å². The summed E-state index contributed by atoms with van der Waals surface area (Å²) in [5, 5.41) is 11.7. The van der Waals surface area contributed by atoms with E-state index >= 15 is 0 Å². The molecule has 2 nitrogen and oxygen atoms in total. The summed E-state index contributed by atoms with van der Waals surface area (Å²) in [6.07, 6.45) is 6.89. The summed E-state index contributed by atoms with van der Waals surface area (Å²) in [5.41, 5.74) is 1.70. The summed E-state index contributed by atoms with van der Waals surface area (Å²) < 4.78 is 0. The second-order valence-corrected chi connectivity index (χ2v) is 6.74. The Balaban J connectivity index is 2.13. The van der Waals surface area contributed by atoms with Gasteiger partial charge in [-0.25, -0.2) is 0 Å². The first-order chi connectivity index (χ1) is 10.5. The summed E-state index contributed by atoms with van der Waals surface area (Å²) in [7, 11) is 0. The third-order valence-corrected chi connectivity index (χ3v) is 4.87. The number of rotatable bonds is 2. The van der Waals surface area contributed by atoms with Crippen molar-refractivity contribution in [1.29, 1.82) is 0 Å². The van der Waals surface area contributed by atoms with E-state index in [0.29, 0.717) is 0 Å². The Morgan fingerprint density at radius 2 is 1.77 bits per heavy atom. The second-order valence-electron chi connectivity index (χ2n) is 6.74. The molecule has 22 heavy (non-hydrogen) atoms. The zero-order valence-corrected chi connectivity index (χ0v) is 13.3. The van der Waals surface area contributed by atoms with E-state index < -0.39 is 5.60 Å². The minimum atomic E-state index is -1.01. The third-order valence-electron chi connectivity index (χ3n) is 4.87. The molecule has 114 valence electrons. The van der Waals surface area contributed by atoms with Crippen LogP contribution in [0.15, 0.2) is 60.3 Å². The fourth-order valence-electron chi connectivity index (χ4n) is 3.53. The summed E-state index contributed by atoms with van der Waals surface area (Å²) in [4.78, 5) is 4.47. The average Bonchev–Trinajstić information content (AvgIpc) is 2.53. The van der Waals surface area contributed by atoms with Gasteiger partial charge in [-0.15, -0.1) is 0 Å². The molecule has 0 unspecified atom stereocenters. The fourth-order valence-corrected chi connectivity index (χ4v) is 3.53. The molecule has 1 aromatic heterocycles. The largest absolute Gasteiger partial charge is 0.379 e. The molecule has 2 aromatic rings. The first-order valence-electron chi connectivity index (χ1n) is 7.94.